The maximum Gasteiger partial charge on any atom is 0.229 e. The summed E-state index contributed by atoms with van der Waals surface area (Å²) in [5.74, 6) is 0.0584. The molecule has 3 heterocycles. The van der Waals surface area contributed by atoms with Gasteiger partial charge < -0.3 is 9.42 Å². The summed E-state index contributed by atoms with van der Waals surface area (Å²) >= 11 is 7.56. The largest absolute Gasteiger partial charge is 0.344 e. The van der Waals surface area contributed by atoms with Gasteiger partial charge in [0.05, 0.1) is 18.2 Å². The fourth-order valence-corrected chi connectivity index (χ4v) is 3.72. The summed E-state index contributed by atoms with van der Waals surface area (Å²) in [6.45, 7) is 2.57. The molecule has 0 unspecified atom stereocenters. The lowest BCUT2D eigenvalue weighted by Crippen LogP contribution is -2.39. The van der Waals surface area contributed by atoms with E-state index < -0.39 is 0 Å². The molecule has 112 valence electrons. The molecule has 7 heteroatoms. The van der Waals surface area contributed by atoms with Crippen LogP contribution >= 0.6 is 22.9 Å². The van der Waals surface area contributed by atoms with E-state index in [0.717, 1.165) is 30.8 Å². The van der Waals surface area contributed by atoms with Crippen molar-refractivity contribution in [2.24, 2.45) is 0 Å². The van der Waals surface area contributed by atoms with E-state index >= 15 is 0 Å². The fraction of sp³-hybridized carbons (Fsp3) is 0.500. The number of piperidine rings is 1. The summed E-state index contributed by atoms with van der Waals surface area (Å²) < 4.78 is 4.92. The van der Waals surface area contributed by atoms with Crippen molar-refractivity contribution in [1.29, 1.82) is 0 Å². The highest BCUT2D eigenvalue weighted by atomic mass is 35.5. The van der Waals surface area contributed by atoms with E-state index in [-0.39, 0.29) is 23.6 Å². The molecule has 0 aromatic carbocycles. The minimum atomic E-state index is 0.0584. The summed E-state index contributed by atoms with van der Waals surface area (Å²) in [6, 6.07) is 0.0881. The second-order valence-electron chi connectivity index (χ2n) is 5.17. The molecule has 0 radical (unpaired) electrons. The van der Waals surface area contributed by atoms with Crippen LogP contribution in [0.25, 0.3) is 0 Å². The number of halogens is 1. The van der Waals surface area contributed by atoms with Gasteiger partial charge in [-0.1, -0.05) is 5.16 Å². The number of hydrogen-bond acceptors (Lipinski definition) is 5. The second kappa shape index (κ2) is 6.15. The standard InChI is InChI=1S/C14H16ClN3O2S/c1-9-10(13(15)20-17-9)8-12(19)18-6-3-2-4-11(18)14-16-5-7-21-14/h5,7,11H,2-4,6,8H2,1H3/t11-/m1/s1. The van der Waals surface area contributed by atoms with E-state index in [1.165, 1.54) is 0 Å². The summed E-state index contributed by atoms with van der Waals surface area (Å²) in [7, 11) is 0. The van der Waals surface area contributed by atoms with E-state index in [2.05, 4.69) is 10.1 Å². The van der Waals surface area contributed by atoms with Crippen LogP contribution in [0.4, 0.5) is 0 Å². The van der Waals surface area contributed by atoms with Crippen LogP contribution in [0.5, 0.6) is 0 Å². The zero-order valence-electron chi connectivity index (χ0n) is 11.7. The number of aromatic nitrogens is 2. The van der Waals surface area contributed by atoms with Gasteiger partial charge in [0.15, 0.2) is 0 Å². The molecule has 0 bridgehead atoms. The number of aryl methyl sites for hydroxylation is 1. The van der Waals surface area contributed by atoms with Crippen LogP contribution in [-0.2, 0) is 11.2 Å². The molecule has 1 aliphatic rings. The SMILES string of the molecule is Cc1noc(Cl)c1CC(=O)N1CCCC[C@@H]1c1nccs1. The predicted molar refractivity (Wildman–Crippen MR) is 80.4 cm³/mol. The van der Waals surface area contributed by atoms with E-state index in [4.69, 9.17) is 16.1 Å². The summed E-state index contributed by atoms with van der Waals surface area (Å²) in [5.41, 5.74) is 1.36. The molecule has 1 amide bonds. The average molecular weight is 326 g/mol. The lowest BCUT2D eigenvalue weighted by atomic mass is 10.0. The Morgan fingerprint density at radius 2 is 2.43 bits per heavy atom. The molecule has 1 atom stereocenters. The molecule has 0 N–H and O–H groups in total. The average Bonchev–Trinajstić information content (AvgIpc) is 3.13. The van der Waals surface area contributed by atoms with Crippen LogP contribution in [0, 0.1) is 6.92 Å². The number of amides is 1. The highest BCUT2D eigenvalue weighted by molar-refractivity contribution is 7.09. The predicted octanol–water partition coefficient (Wildman–Crippen LogP) is 3.39. The molecule has 1 aliphatic heterocycles. The van der Waals surface area contributed by atoms with Crippen molar-refractivity contribution >= 4 is 28.8 Å². The van der Waals surface area contributed by atoms with Gasteiger partial charge in [0.1, 0.15) is 5.01 Å². The van der Waals surface area contributed by atoms with E-state index in [9.17, 15) is 4.79 Å². The molecule has 2 aromatic heterocycles. The molecular weight excluding hydrogens is 310 g/mol. The number of rotatable bonds is 3. The maximum absolute atomic E-state index is 12.7. The second-order valence-corrected chi connectivity index (χ2v) is 6.44. The Labute approximate surface area is 131 Å². The number of nitrogens with zero attached hydrogens (tertiary/aromatic N) is 3. The van der Waals surface area contributed by atoms with Crippen LogP contribution in [0.15, 0.2) is 16.1 Å². The van der Waals surface area contributed by atoms with Crippen LogP contribution < -0.4 is 0 Å². The fourth-order valence-electron chi connectivity index (χ4n) is 2.70. The van der Waals surface area contributed by atoms with E-state index in [1.54, 1.807) is 24.5 Å². The highest BCUT2D eigenvalue weighted by Crippen LogP contribution is 2.33. The van der Waals surface area contributed by atoms with E-state index in [0.29, 0.717) is 11.3 Å². The number of thiazole rings is 1. The third-order valence-corrected chi connectivity index (χ3v) is 5.00. The summed E-state index contributed by atoms with van der Waals surface area (Å²) in [6.07, 6.45) is 5.15. The number of likely N-dealkylation sites (tertiary alicyclic amines) is 1. The molecule has 21 heavy (non-hydrogen) atoms. The van der Waals surface area contributed by atoms with Gasteiger partial charge in [-0.3, -0.25) is 4.79 Å². The Morgan fingerprint density at radius 1 is 1.57 bits per heavy atom. The molecule has 1 fully saturated rings. The van der Waals surface area contributed by atoms with Crippen LogP contribution in [0.3, 0.4) is 0 Å². The van der Waals surface area contributed by atoms with Gasteiger partial charge in [-0.2, -0.15) is 0 Å². The third-order valence-electron chi connectivity index (χ3n) is 3.82. The van der Waals surface area contributed by atoms with Crippen molar-refractivity contribution in [3.05, 3.63) is 33.1 Å². The van der Waals surface area contributed by atoms with Crippen molar-refractivity contribution < 1.29 is 9.32 Å². The lowest BCUT2D eigenvalue weighted by Gasteiger charge is -2.34. The summed E-state index contributed by atoms with van der Waals surface area (Å²) in [4.78, 5) is 18.9. The van der Waals surface area contributed by atoms with Gasteiger partial charge in [0.2, 0.25) is 11.1 Å². The Hall–Kier alpha value is -1.40. The molecule has 0 aliphatic carbocycles. The van der Waals surface area contributed by atoms with Crippen molar-refractivity contribution in [3.63, 3.8) is 0 Å². The van der Waals surface area contributed by atoms with Gasteiger partial charge >= 0.3 is 0 Å². The zero-order chi connectivity index (χ0) is 14.8. The zero-order valence-corrected chi connectivity index (χ0v) is 13.3. The van der Waals surface area contributed by atoms with Crippen molar-refractivity contribution in [1.82, 2.24) is 15.0 Å². The third kappa shape index (κ3) is 2.96. The first kappa shape index (κ1) is 14.5. The minimum Gasteiger partial charge on any atom is -0.344 e. The molecule has 3 rings (SSSR count). The first-order valence-electron chi connectivity index (χ1n) is 6.96. The molecule has 0 saturated carbocycles. The molecule has 0 spiro atoms. The van der Waals surface area contributed by atoms with Crippen LogP contribution in [-0.4, -0.2) is 27.5 Å². The number of hydrogen-bond donors (Lipinski definition) is 0. The highest BCUT2D eigenvalue weighted by Gasteiger charge is 2.30. The van der Waals surface area contributed by atoms with Crippen LogP contribution in [0.1, 0.15) is 41.6 Å². The summed E-state index contributed by atoms with van der Waals surface area (Å²) in [5, 5.41) is 6.97. The Bertz CT molecular complexity index is 607. The monoisotopic (exact) mass is 325 g/mol. The number of carbonyl (C=O) groups is 1. The van der Waals surface area contributed by atoms with Gasteiger partial charge in [-0.15, -0.1) is 11.3 Å². The first-order chi connectivity index (χ1) is 10.2. The first-order valence-corrected chi connectivity index (χ1v) is 8.22. The van der Waals surface area contributed by atoms with Gasteiger partial charge in [-0.05, 0) is 37.8 Å². The minimum absolute atomic E-state index is 0.0584. The Morgan fingerprint density at radius 3 is 3.10 bits per heavy atom. The maximum atomic E-state index is 12.7. The van der Waals surface area contributed by atoms with Crippen molar-refractivity contribution in [2.45, 2.75) is 38.6 Å². The van der Waals surface area contributed by atoms with Crippen molar-refractivity contribution in [3.8, 4) is 0 Å². The van der Waals surface area contributed by atoms with Crippen LogP contribution in [0.2, 0.25) is 5.22 Å². The molecule has 5 nitrogen and oxygen atoms in total. The quantitative estimate of drug-likeness (QED) is 0.868. The smallest absolute Gasteiger partial charge is 0.229 e. The normalized spacial score (nSPS) is 19.0. The molecule has 2 aromatic rings. The van der Waals surface area contributed by atoms with Gasteiger partial charge in [0.25, 0.3) is 0 Å². The van der Waals surface area contributed by atoms with E-state index in [1.807, 2.05) is 10.3 Å². The van der Waals surface area contributed by atoms with Gasteiger partial charge in [0, 0.05) is 23.7 Å². The van der Waals surface area contributed by atoms with Crippen molar-refractivity contribution in [2.75, 3.05) is 6.54 Å². The Kier molecular flexibility index (Phi) is 4.26. The topological polar surface area (TPSA) is 59.2 Å². The lowest BCUT2D eigenvalue weighted by molar-refractivity contribution is -0.134. The van der Waals surface area contributed by atoms with Gasteiger partial charge in [-0.25, -0.2) is 4.98 Å². The Balaban J connectivity index is 1.79. The number of carbonyl (C=O) groups excluding carboxylic acids is 1. The molecule has 1 saturated heterocycles. The molecular formula is C14H16ClN3O2S.